The van der Waals surface area contributed by atoms with Gasteiger partial charge in [0.2, 0.25) is 5.91 Å². The van der Waals surface area contributed by atoms with Gasteiger partial charge in [-0.2, -0.15) is 0 Å². The summed E-state index contributed by atoms with van der Waals surface area (Å²) in [5.74, 6) is -0.0874. The molecule has 0 bridgehead atoms. The maximum atomic E-state index is 12.5. The number of hydrogen-bond donors (Lipinski definition) is 2. The summed E-state index contributed by atoms with van der Waals surface area (Å²) in [4.78, 5) is 28.5. The Hall–Kier alpha value is -2.15. The molecule has 0 aliphatic carbocycles. The van der Waals surface area contributed by atoms with E-state index in [0.717, 1.165) is 18.5 Å². The lowest BCUT2D eigenvalue weighted by atomic mass is 10.0. The van der Waals surface area contributed by atoms with Gasteiger partial charge in [0.05, 0.1) is 22.1 Å². The lowest BCUT2D eigenvalue weighted by molar-refractivity contribution is -0.120. The van der Waals surface area contributed by atoms with Crippen molar-refractivity contribution in [2.75, 3.05) is 42.1 Å². The number of rotatable bonds is 5. The van der Waals surface area contributed by atoms with E-state index in [1.165, 1.54) is 0 Å². The van der Waals surface area contributed by atoms with Gasteiger partial charge in [-0.1, -0.05) is 25.4 Å². The van der Waals surface area contributed by atoms with Crippen molar-refractivity contribution in [1.29, 1.82) is 0 Å². The molecule has 1 saturated heterocycles. The van der Waals surface area contributed by atoms with Crippen LogP contribution >= 0.6 is 11.6 Å². The molecule has 1 aromatic carbocycles. The molecule has 0 aromatic heterocycles. The molecule has 1 aliphatic heterocycles. The first kappa shape index (κ1) is 23.1. The van der Waals surface area contributed by atoms with Crippen molar-refractivity contribution in [3.8, 4) is 0 Å². The van der Waals surface area contributed by atoms with Crippen molar-refractivity contribution >= 4 is 40.7 Å². The molecule has 2 amide bonds. The molecule has 1 fully saturated rings. The average Bonchev–Trinajstić information content (AvgIpc) is 2.63. The van der Waals surface area contributed by atoms with Crippen LogP contribution in [0, 0.1) is 5.92 Å². The summed E-state index contributed by atoms with van der Waals surface area (Å²) < 4.78 is 5.44. The number of nitrogens with two attached hydrogens (primary N) is 1. The maximum Gasteiger partial charge on any atom is 0.410 e. The van der Waals surface area contributed by atoms with E-state index in [0.29, 0.717) is 42.6 Å². The Bertz CT molecular complexity index is 736. The van der Waals surface area contributed by atoms with E-state index in [1.807, 2.05) is 40.7 Å². The van der Waals surface area contributed by atoms with Crippen LogP contribution in [0.25, 0.3) is 0 Å². The molecule has 1 aliphatic rings. The van der Waals surface area contributed by atoms with Gasteiger partial charge in [-0.15, -0.1) is 0 Å². The second-order valence-corrected chi connectivity index (χ2v) is 8.76. The van der Waals surface area contributed by atoms with Gasteiger partial charge < -0.3 is 25.6 Å². The molecule has 3 N–H and O–H groups in total. The fourth-order valence-corrected chi connectivity index (χ4v) is 3.57. The fraction of sp³-hybridized carbons (Fsp3) is 0.619. The van der Waals surface area contributed by atoms with Crippen LogP contribution in [-0.2, 0) is 9.53 Å². The molecule has 162 valence electrons. The standard InChI is InChI=1S/C21H33ClN4O3/c1-6-14(7-2)19(27)24-17-13-18(15(22)12-16(17)23)25-8-10-26(11-9-25)20(28)29-21(3,4)5/h12-14H,6-11,23H2,1-5H3,(H,24,27). The topological polar surface area (TPSA) is 87.9 Å². The van der Waals surface area contributed by atoms with Crippen molar-refractivity contribution < 1.29 is 14.3 Å². The first-order valence-electron chi connectivity index (χ1n) is 10.2. The summed E-state index contributed by atoms with van der Waals surface area (Å²) in [7, 11) is 0. The monoisotopic (exact) mass is 424 g/mol. The smallest absolute Gasteiger partial charge is 0.410 e. The van der Waals surface area contributed by atoms with Crippen LogP contribution in [0.3, 0.4) is 0 Å². The SMILES string of the molecule is CCC(CC)C(=O)Nc1cc(N2CCN(C(=O)OC(C)(C)C)CC2)c(Cl)cc1N. The van der Waals surface area contributed by atoms with Crippen molar-refractivity contribution in [1.82, 2.24) is 4.90 Å². The Morgan fingerprint density at radius 2 is 1.76 bits per heavy atom. The van der Waals surface area contributed by atoms with E-state index >= 15 is 0 Å². The minimum atomic E-state index is -0.517. The van der Waals surface area contributed by atoms with E-state index in [1.54, 1.807) is 11.0 Å². The molecular formula is C21H33ClN4O3. The summed E-state index contributed by atoms with van der Waals surface area (Å²) in [5, 5.41) is 3.46. The number of halogens is 1. The number of carbonyl (C=O) groups is 2. The zero-order valence-corrected chi connectivity index (χ0v) is 18.8. The molecule has 0 atom stereocenters. The first-order valence-corrected chi connectivity index (χ1v) is 10.6. The van der Waals surface area contributed by atoms with E-state index in [9.17, 15) is 9.59 Å². The van der Waals surface area contributed by atoms with Gasteiger partial charge in [0.25, 0.3) is 0 Å². The van der Waals surface area contributed by atoms with Gasteiger partial charge in [0.1, 0.15) is 5.60 Å². The van der Waals surface area contributed by atoms with Crippen molar-refractivity contribution in [2.45, 2.75) is 53.1 Å². The Morgan fingerprint density at radius 1 is 1.17 bits per heavy atom. The van der Waals surface area contributed by atoms with Crippen LogP contribution in [0.4, 0.5) is 21.9 Å². The van der Waals surface area contributed by atoms with Gasteiger partial charge in [0, 0.05) is 32.1 Å². The van der Waals surface area contributed by atoms with Crippen LogP contribution in [0.1, 0.15) is 47.5 Å². The minimum Gasteiger partial charge on any atom is -0.444 e. The average molecular weight is 425 g/mol. The molecule has 0 unspecified atom stereocenters. The summed E-state index contributed by atoms with van der Waals surface area (Å²) in [6.45, 7) is 11.8. The van der Waals surface area contributed by atoms with Crippen LogP contribution in [0.5, 0.6) is 0 Å². The Morgan fingerprint density at radius 3 is 2.28 bits per heavy atom. The highest BCUT2D eigenvalue weighted by Crippen LogP contribution is 2.34. The largest absolute Gasteiger partial charge is 0.444 e. The minimum absolute atomic E-state index is 0.0373. The highest BCUT2D eigenvalue weighted by molar-refractivity contribution is 6.33. The zero-order chi connectivity index (χ0) is 21.8. The summed E-state index contributed by atoms with van der Waals surface area (Å²) >= 11 is 6.43. The summed E-state index contributed by atoms with van der Waals surface area (Å²) in [6, 6.07) is 3.49. The number of carbonyl (C=O) groups excluding carboxylic acids is 2. The molecule has 1 aromatic rings. The number of hydrogen-bond acceptors (Lipinski definition) is 5. The van der Waals surface area contributed by atoms with Crippen molar-refractivity contribution in [3.05, 3.63) is 17.2 Å². The lowest BCUT2D eigenvalue weighted by Gasteiger charge is -2.37. The molecule has 0 radical (unpaired) electrons. The Kier molecular flexibility index (Phi) is 7.63. The van der Waals surface area contributed by atoms with Gasteiger partial charge in [-0.05, 0) is 45.7 Å². The summed E-state index contributed by atoms with van der Waals surface area (Å²) in [5.41, 5.74) is 7.36. The normalized spacial score (nSPS) is 14.9. The van der Waals surface area contributed by atoms with Gasteiger partial charge in [-0.3, -0.25) is 4.79 Å². The number of piperazine rings is 1. The third-order valence-corrected chi connectivity index (χ3v) is 5.31. The number of anilines is 3. The number of nitrogens with zero attached hydrogens (tertiary/aromatic N) is 2. The maximum absolute atomic E-state index is 12.5. The van der Waals surface area contributed by atoms with E-state index in [4.69, 9.17) is 22.1 Å². The third-order valence-electron chi connectivity index (χ3n) is 5.01. The molecule has 2 rings (SSSR count). The fourth-order valence-electron chi connectivity index (χ4n) is 3.28. The predicted octanol–water partition coefficient (Wildman–Crippen LogP) is 4.35. The molecule has 0 spiro atoms. The molecule has 0 saturated carbocycles. The van der Waals surface area contributed by atoms with Crippen molar-refractivity contribution in [2.24, 2.45) is 5.92 Å². The molecular weight excluding hydrogens is 392 g/mol. The van der Waals surface area contributed by atoms with Crippen LogP contribution in [0.2, 0.25) is 5.02 Å². The van der Waals surface area contributed by atoms with Gasteiger partial charge in [-0.25, -0.2) is 4.79 Å². The zero-order valence-electron chi connectivity index (χ0n) is 18.0. The summed E-state index contributed by atoms with van der Waals surface area (Å²) in [6.07, 6.45) is 1.24. The van der Waals surface area contributed by atoms with E-state index in [-0.39, 0.29) is 17.9 Å². The second kappa shape index (κ2) is 9.57. The van der Waals surface area contributed by atoms with Gasteiger partial charge >= 0.3 is 6.09 Å². The number of amides is 2. The quantitative estimate of drug-likeness (QED) is 0.686. The second-order valence-electron chi connectivity index (χ2n) is 8.35. The highest BCUT2D eigenvalue weighted by Gasteiger charge is 2.27. The van der Waals surface area contributed by atoms with E-state index < -0.39 is 5.60 Å². The molecule has 8 heteroatoms. The van der Waals surface area contributed by atoms with Crippen molar-refractivity contribution in [3.63, 3.8) is 0 Å². The Balaban J connectivity index is 2.10. The number of nitrogens with one attached hydrogen (secondary N) is 1. The number of ether oxygens (including phenoxy) is 1. The predicted molar refractivity (Wildman–Crippen MR) is 119 cm³/mol. The lowest BCUT2D eigenvalue weighted by Crippen LogP contribution is -2.50. The first-order chi connectivity index (χ1) is 13.6. The Labute approximate surface area is 178 Å². The van der Waals surface area contributed by atoms with Crippen LogP contribution < -0.4 is 16.0 Å². The highest BCUT2D eigenvalue weighted by atomic mass is 35.5. The molecule has 1 heterocycles. The molecule has 7 nitrogen and oxygen atoms in total. The number of benzene rings is 1. The third kappa shape index (κ3) is 6.16. The van der Waals surface area contributed by atoms with Gasteiger partial charge in [0.15, 0.2) is 0 Å². The van der Waals surface area contributed by atoms with E-state index in [2.05, 4.69) is 10.2 Å². The number of nitrogen functional groups attached to an aromatic ring is 1. The molecule has 29 heavy (non-hydrogen) atoms. The van der Waals surface area contributed by atoms with Crippen LogP contribution in [-0.4, -0.2) is 48.7 Å². The van der Waals surface area contributed by atoms with Crippen LogP contribution in [0.15, 0.2) is 12.1 Å².